The fourth-order valence-electron chi connectivity index (χ4n) is 2.59. The van der Waals surface area contributed by atoms with Crippen molar-refractivity contribution in [3.8, 4) is 11.4 Å². The Labute approximate surface area is 128 Å². The average molecular weight is 301 g/mol. The predicted octanol–water partition coefficient (Wildman–Crippen LogP) is 1.44. The fourth-order valence-corrected chi connectivity index (χ4v) is 2.59. The third kappa shape index (κ3) is 3.14. The normalized spacial score (nSPS) is 21.5. The van der Waals surface area contributed by atoms with Gasteiger partial charge in [-0.2, -0.15) is 5.21 Å². The van der Waals surface area contributed by atoms with Crippen molar-refractivity contribution in [3.05, 3.63) is 29.8 Å². The van der Waals surface area contributed by atoms with Crippen LogP contribution in [0.15, 0.2) is 24.3 Å². The third-order valence-corrected chi connectivity index (χ3v) is 3.93. The first-order valence-electron chi connectivity index (χ1n) is 7.42. The van der Waals surface area contributed by atoms with E-state index in [0.717, 1.165) is 30.4 Å². The third-order valence-electron chi connectivity index (χ3n) is 3.93. The summed E-state index contributed by atoms with van der Waals surface area (Å²) < 4.78 is 5.65. The molecule has 7 heteroatoms. The van der Waals surface area contributed by atoms with Crippen molar-refractivity contribution < 1.29 is 9.53 Å². The summed E-state index contributed by atoms with van der Waals surface area (Å²) in [6, 6.07) is 7.71. The zero-order valence-electron chi connectivity index (χ0n) is 12.5. The van der Waals surface area contributed by atoms with Crippen LogP contribution in [0.1, 0.15) is 31.7 Å². The van der Waals surface area contributed by atoms with Crippen LogP contribution in [0.3, 0.4) is 0 Å². The van der Waals surface area contributed by atoms with Crippen molar-refractivity contribution in [2.45, 2.75) is 38.3 Å². The number of nitrogens with zero attached hydrogens (tertiary/aromatic N) is 3. The number of tetrazole rings is 1. The summed E-state index contributed by atoms with van der Waals surface area (Å²) in [5.41, 5.74) is 1.14. The lowest BCUT2D eigenvalue weighted by Gasteiger charge is -2.32. The highest BCUT2D eigenvalue weighted by Crippen LogP contribution is 2.24. The number of benzene rings is 1. The van der Waals surface area contributed by atoms with E-state index in [0.29, 0.717) is 19.0 Å². The van der Waals surface area contributed by atoms with Crippen molar-refractivity contribution in [2.24, 2.45) is 0 Å². The quantitative estimate of drug-likeness (QED) is 0.891. The Morgan fingerprint density at radius 2 is 2.36 bits per heavy atom. The molecule has 2 N–H and O–H groups in total. The first-order chi connectivity index (χ1) is 10.7. The average Bonchev–Trinajstić information content (AvgIpc) is 3.08. The number of carbonyl (C=O) groups is 1. The van der Waals surface area contributed by atoms with Crippen molar-refractivity contribution >= 4 is 5.91 Å². The van der Waals surface area contributed by atoms with E-state index in [4.69, 9.17) is 4.74 Å². The van der Waals surface area contributed by atoms with Gasteiger partial charge >= 0.3 is 0 Å². The van der Waals surface area contributed by atoms with E-state index in [2.05, 4.69) is 25.9 Å². The number of rotatable bonds is 4. The molecule has 1 atom stereocenters. The molecule has 2 heterocycles. The number of nitrogens with one attached hydrogen (secondary N) is 2. The van der Waals surface area contributed by atoms with E-state index < -0.39 is 5.60 Å². The van der Waals surface area contributed by atoms with E-state index in [1.54, 1.807) is 0 Å². The summed E-state index contributed by atoms with van der Waals surface area (Å²) in [5.74, 6) is 0.480. The lowest BCUT2D eigenvalue weighted by Crippen LogP contribution is -2.48. The summed E-state index contributed by atoms with van der Waals surface area (Å²) >= 11 is 0. The Bertz CT molecular complexity index is 635. The molecule has 22 heavy (non-hydrogen) atoms. The first-order valence-corrected chi connectivity index (χ1v) is 7.42. The zero-order chi connectivity index (χ0) is 15.4. The number of aromatic amines is 1. The van der Waals surface area contributed by atoms with Gasteiger partial charge in [0.05, 0.1) is 0 Å². The van der Waals surface area contributed by atoms with Gasteiger partial charge in [0.15, 0.2) is 0 Å². The molecule has 3 rings (SSSR count). The molecule has 0 saturated carbocycles. The van der Waals surface area contributed by atoms with E-state index in [-0.39, 0.29) is 5.91 Å². The summed E-state index contributed by atoms with van der Waals surface area (Å²) in [4.78, 5) is 12.3. The molecular weight excluding hydrogens is 282 g/mol. The molecule has 7 nitrogen and oxygen atoms in total. The standard InChI is InChI=1S/C15H19N5O2/c1-15(7-2-3-8-22-15)14(21)16-10-11-5-4-6-12(9-11)13-17-19-20-18-13/h4-6,9H,2-3,7-8,10H2,1H3,(H,16,21)(H,17,18,19,20). The van der Waals surface area contributed by atoms with Gasteiger partial charge in [-0.3, -0.25) is 4.79 Å². The minimum absolute atomic E-state index is 0.0582. The van der Waals surface area contributed by atoms with Crippen LogP contribution in [-0.2, 0) is 16.1 Å². The molecule has 1 aromatic carbocycles. The van der Waals surface area contributed by atoms with Crippen molar-refractivity contribution in [1.29, 1.82) is 0 Å². The minimum Gasteiger partial charge on any atom is -0.365 e. The lowest BCUT2D eigenvalue weighted by molar-refractivity contribution is -0.150. The van der Waals surface area contributed by atoms with E-state index in [9.17, 15) is 4.79 Å². The highest BCUT2D eigenvalue weighted by atomic mass is 16.5. The SMILES string of the molecule is CC1(C(=O)NCc2cccc(-c3nn[nH]n3)c2)CCCCO1. The molecule has 0 radical (unpaired) electrons. The van der Waals surface area contributed by atoms with Gasteiger partial charge < -0.3 is 10.1 Å². The van der Waals surface area contributed by atoms with E-state index in [1.807, 2.05) is 31.2 Å². The molecule has 1 saturated heterocycles. The molecule has 1 aliphatic rings. The summed E-state index contributed by atoms with van der Waals surface area (Å²) in [7, 11) is 0. The van der Waals surface area contributed by atoms with Gasteiger partial charge in [-0.25, -0.2) is 0 Å². The Kier molecular flexibility index (Phi) is 4.15. The highest BCUT2D eigenvalue weighted by Gasteiger charge is 2.35. The van der Waals surface area contributed by atoms with Crippen LogP contribution in [0.2, 0.25) is 0 Å². The van der Waals surface area contributed by atoms with Gasteiger partial charge in [-0.15, -0.1) is 10.2 Å². The van der Waals surface area contributed by atoms with Gasteiger partial charge in [-0.05, 0) is 43.0 Å². The number of aromatic nitrogens is 4. The van der Waals surface area contributed by atoms with Gasteiger partial charge in [0, 0.05) is 18.7 Å². The summed E-state index contributed by atoms with van der Waals surface area (Å²) in [6.45, 7) is 2.96. The maximum Gasteiger partial charge on any atom is 0.252 e. The largest absolute Gasteiger partial charge is 0.365 e. The Morgan fingerprint density at radius 3 is 3.09 bits per heavy atom. The molecule has 1 unspecified atom stereocenters. The number of hydrogen-bond acceptors (Lipinski definition) is 5. The van der Waals surface area contributed by atoms with E-state index in [1.165, 1.54) is 0 Å². The topological polar surface area (TPSA) is 92.8 Å². The number of hydrogen-bond donors (Lipinski definition) is 2. The number of carbonyl (C=O) groups excluding carboxylic acids is 1. The molecule has 0 bridgehead atoms. The van der Waals surface area contributed by atoms with Crippen LogP contribution in [-0.4, -0.2) is 38.7 Å². The molecule has 1 amide bonds. The molecular formula is C15H19N5O2. The molecule has 1 fully saturated rings. The van der Waals surface area contributed by atoms with Gasteiger partial charge in [0.1, 0.15) is 5.60 Å². The number of ether oxygens (including phenoxy) is 1. The van der Waals surface area contributed by atoms with Gasteiger partial charge in [-0.1, -0.05) is 18.2 Å². The highest BCUT2D eigenvalue weighted by molar-refractivity contribution is 5.84. The van der Waals surface area contributed by atoms with Crippen LogP contribution in [0.25, 0.3) is 11.4 Å². The molecule has 2 aromatic rings. The maximum absolute atomic E-state index is 12.3. The van der Waals surface area contributed by atoms with Gasteiger partial charge in [0.25, 0.3) is 5.91 Å². The van der Waals surface area contributed by atoms with E-state index >= 15 is 0 Å². The lowest BCUT2D eigenvalue weighted by atomic mass is 9.95. The summed E-state index contributed by atoms with van der Waals surface area (Å²) in [5, 5.41) is 16.8. The Hall–Kier alpha value is -2.28. The predicted molar refractivity (Wildman–Crippen MR) is 79.7 cm³/mol. The minimum atomic E-state index is -0.705. The molecule has 1 aliphatic heterocycles. The van der Waals surface area contributed by atoms with Crippen LogP contribution >= 0.6 is 0 Å². The van der Waals surface area contributed by atoms with Crippen molar-refractivity contribution in [1.82, 2.24) is 25.9 Å². The van der Waals surface area contributed by atoms with Crippen LogP contribution in [0.5, 0.6) is 0 Å². The monoisotopic (exact) mass is 301 g/mol. The second kappa shape index (κ2) is 6.23. The Morgan fingerprint density at radius 1 is 1.45 bits per heavy atom. The second-order valence-corrected chi connectivity index (χ2v) is 5.65. The Balaban J connectivity index is 1.64. The van der Waals surface area contributed by atoms with Crippen molar-refractivity contribution in [3.63, 3.8) is 0 Å². The number of amides is 1. The summed E-state index contributed by atoms with van der Waals surface area (Å²) in [6.07, 6.45) is 2.81. The smallest absolute Gasteiger partial charge is 0.252 e. The van der Waals surface area contributed by atoms with Crippen molar-refractivity contribution in [2.75, 3.05) is 6.61 Å². The van der Waals surface area contributed by atoms with Crippen LogP contribution in [0, 0.1) is 0 Å². The maximum atomic E-state index is 12.3. The van der Waals surface area contributed by atoms with Gasteiger partial charge in [0.2, 0.25) is 5.82 Å². The number of H-pyrrole nitrogens is 1. The molecule has 0 spiro atoms. The second-order valence-electron chi connectivity index (χ2n) is 5.65. The zero-order valence-corrected chi connectivity index (χ0v) is 12.5. The van der Waals surface area contributed by atoms with Crippen LogP contribution in [0.4, 0.5) is 0 Å². The van der Waals surface area contributed by atoms with Crippen LogP contribution < -0.4 is 5.32 Å². The molecule has 0 aliphatic carbocycles. The molecule has 116 valence electrons. The first kappa shape index (κ1) is 14.6. The fraction of sp³-hybridized carbons (Fsp3) is 0.467. The molecule has 1 aromatic heterocycles.